The van der Waals surface area contributed by atoms with Crippen LogP contribution in [0.2, 0.25) is 0 Å². The molecule has 6 heteroatoms. The van der Waals surface area contributed by atoms with Crippen molar-refractivity contribution in [3.05, 3.63) is 63.4 Å². The molecule has 1 aromatic heterocycles. The van der Waals surface area contributed by atoms with Gasteiger partial charge in [-0.3, -0.25) is 4.79 Å². The normalized spacial score (nSPS) is 11.1. The van der Waals surface area contributed by atoms with Crippen LogP contribution in [0.5, 0.6) is 0 Å². The maximum Gasteiger partial charge on any atom is 0.259 e. The van der Waals surface area contributed by atoms with Crippen LogP contribution in [0.25, 0.3) is 10.9 Å². The number of halogens is 1. The molecular formula is C18H17IN4O. The van der Waals surface area contributed by atoms with E-state index in [1.165, 1.54) is 3.57 Å². The van der Waals surface area contributed by atoms with E-state index in [1.807, 2.05) is 49.5 Å². The van der Waals surface area contributed by atoms with Gasteiger partial charge in [0.1, 0.15) is 0 Å². The lowest BCUT2D eigenvalue weighted by molar-refractivity contribution is -0.119. The van der Waals surface area contributed by atoms with E-state index >= 15 is 0 Å². The zero-order valence-corrected chi connectivity index (χ0v) is 15.3. The van der Waals surface area contributed by atoms with E-state index in [2.05, 4.69) is 49.5 Å². The molecule has 24 heavy (non-hydrogen) atoms. The van der Waals surface area contributed by atoms with Gasteiger partial charge in [0.05, 0.1) is 12.8 Å². The number of aromatic amines is 1. The van der Waals surface area contributed by atoms with E-state index in [0.29, 0.717) is 0 Å². The summed E-state index contributed by atoms with van der Waals surface area (Å²) in [5.41, 5.74) is 6.58. The summed E-state index contributed by atoms with van der Waals surface area (Å²) in [7, 11) is 0. The van der Waals surface area contributed by atoms with Crippen molar-refractivity contribution in [2.45, 2.75) is 6.92 Å². The number of hydrogen-bond donors (Lipinski definition) is 3. The molecule has 122 valence electrons. The lowest BCUT2D eigenvalue weighted by Gasteiger charge is -2.08. The Bertz CT molecular complexity index is 901. The molecule has 3 rings (SSSR count). The summed E-state index contributed by atoms with van der Waals surface area (Å²) in [4.78, 5) is 15.1. The van der Waals surface area contributed by atoms with Gasteiger partial charge in [-0.15, -0.1) is 0 Å². The molecule has 0 spiro atoms. The Labute approximate surface area is 153 Å². The lowest BCUT2D eigenvalue weighted by Crippen LogP contribution is -2.26. The number of fused-ring (bicyclic) bond motifs is 1. The van der Waals surface area contributed by atoms with E-state index in [9.17, 15) is 4.79 Å². The second kappa shape index (κ2) is 7.48. The SMILES string of the molecule is Cc1cc(I)ccc1NCC(=O)N/N=C\c1c[nH]c2ccccc12. The zero-order chi connectivity index (χ0) is 16.9. The molecule has 0 unspecified atom stereocenters. The van der Waals surface area contributed by atoms with Gasteiger partial charge in [-0.1, -0.05) is 18.2 Å². The first-order chi connectivity index (χ1) is 11.6. The van der Waals surface area contributed by atoms with Crippen molar-refractivity contribution in [2.75, 3.05) is 11.9 Å². The van der Waals surface area contributed by atoms with Crippen molar-refractivity contribution in [2.24, 2.45) is 5.10 Å². The fourth-order valence-electron chi connectivity index (χ4n) is 2.42. The molecule has 5 nitrogen and oxygen atoms in total. The fraction of sp³-hybridized carbons (Fsp3) is 0.111. The standard InChI is InChI=1S/C18H17IN4O/c1-12-8-14(19)6-7-16(12)21-11-18(24)23-22-10-13-9-20-17-5-3-2-4-15(13)17/h2-10,20-21H,11H2,1H3,(H,23,24)/b22-10-. The first kappa shape index (κ1) is 16.5. The average Bonchev–Trinajstić information content (AvgIpc) is 2.97. The minimum Gasteiger partial charge on any atom is -0.376 e. The van der Waals surface area contributed by atoms with Crippen molar-refractivity contribution in [3.8, 4) is 0 Å². The van der Waals surface area contributed by atoms with E-state index in [0.717, 1.165) is 27.7 Å². The molecule has 3 N–H and O–H groups in total. The van der Waals surface area contributed by atoms with Gasteiger partial charge in [0.2, 0.25) is 0 Å². The maximum atomic E-state index is 11.9. The number of anilines is 1. The monoisotopic (exact) mass is 432 g/mol. The van der Waals surface area contributed by atoms with E-state index < -0.39 is 0 Å². The number of amides is 1. The quantitative estimate of drug-likeness (QED) is 0.328. The van der Waals surface area contributed by atoms with Gasteiger partial charge < -0.3 is 10.3 Å². The number of hydrazone groups is 1. The first-order valence-electron chi connectivity index (χ1n) is 7.51. The number of H-pyrrole nitrogens is 1. The van der Waals surface area contributed by atoms with E-state index in [1.54, 1.807) is 6.21 Å². The highest BCUT2D eigenvalue weighted by Crippen LogP contribution is 2.17. The predicted molar refractivity (Wildman–Crippen MR) is 106 cm³/mol. The van der Waals surface area contributed by atoms with Crippen molar-refractivity contribution in [3.63, 3.8) is 0 Å². The Morgan fingerprint density at radius 3 is 2.96 bits per heavy atom. The summed E-state index contributed by atoms with van der Waals surface area (Å²) in [6.45, 7) is 2.18. The van der Waals surface area contributed by atoms with Gasteiger partial charge in [-0.25, -0.2) is 5.43 Å². The number of aryl methyl sites for hydroxylation is 1. The number of carbonyl (C=O) groups excluding carboxylic acids is 1. The molecule has 0 saturated carbocycles. The van der Waals surface area contributed by atoms with Gasteiger partial charge in [0.25, 0.3) is 5.91 Å². The summed E-state index contributed by atoms with van der Waals surface area (Å²) >= 11 is 2.26. The number of benzene rings is 2. The Hall–Kier alpha value is -2.35. The number of carbonyl (C=O) groups is 1. The molecule has 0 bridgehead atoms. The van der Waals surface area contributed by atoms with Crippen LogP contribution in [0.1, 0.15) is 11.1 Å². The van der Waals surface area contributed by atoms with Gasteiger partial charge in [-0.2, -0.15) is 5.10 Å². The molecular weight excluding hydrogens is 415 g/mol. The molecule has 3 aromatic rings. The second-order valence-corrected chi connectivity index (χ2v) is 6.64. The van der Waals surface area contributed by atoms with E-state index in [4.69, 9.17) is 0 Å². The highest BCUT2D eigenvalue weighted by atomic mass is 127. The Morgan fingerprint density at radius 1 is 1.29 bits per heavy atom. The second-order valence-electron chi connectivity index (χ2n) is 5.40. The summed E-state index contributed by atoms with van der Waals surface area (Å²) in [5.74, 6) is -0.191. The molecule has 0 aliphatic carbocycles. The van der Waals surface area contributed by atoms with Crippen LogP contribution in [-0.4, -0.2) is 23.7 Å². The molecule has 0 aliphatic heterocycles. The predicted octanol–water partition coefficient (Wildman–Crippen LogP) is 3.64. The minimum atomic E-state index is -0.191. The van der Waals surface area contributed by atoms with Crippen molar-refractivity contribution in [1.82, 2.24) is 10.4 Å². The first-order valence-corrected chi connectivity index (χ1v) is 8.59. The van der Waals surface area contributed by atoms with Gasteiger partial charge in [0.15, 0.2) is 0 Å². The molecule has 0 fully saturated rings. The van der Waals surface area contributed by atoms with Crippen LogP contribution in [0, 0.1) is 10.5 Å². The third kappa shape index (κ3) is 3.94. The zero-order valence-electron chi connectivity index (χ0n) is 13.1. The summed E-state index contributed by atoms with van der Waals surface area (Å²) in [5, 5.41) is 8.22. The summed E-state index contributed by atoms with van der Waals surface area (Å²) in [6.07, 6.45) is 3.51. The van der Waals surface area contributed by atoms with Crippen LogP contribution in [0.4, 0.5) is 5.69 Å². The topological polar surface area (TPSA) is 69.3 Å². The van der Waals surface area contributed by atoms with Crippen molar-refractivity contribution < 1.29 is 4.79 Å². The minimum absolute atomic E-state index is 0.173. The number of hydrogen-bond acceptors (Lipinski definition) is 3. The largest absolute Gasteiger partial charge is 0.376 e. The van der Waals surface area contributed by atoms with Crippen LogP contribution in [-0.2, 0) is 4.79 Å². The van der Waals surface area contributed by atoms with Crippen molar-refractivity contribution >= 4 is 51.3 Å². The Balaban J connectivity index is 1.55. The Kier molecular flexibility index (Phi) is 5.14. The summed E-state index contributed by atoms with van der Waals surface area (Å²) < 4.78 is 1.17. The third-order valence-corrected chi connectivity index (χ3v) is 4.31. The van der Waals surface area contributed by atoms with E-state index in [-0.39, 0.29) is 12.5 Å². The van der Waals surface area contributed by atoms with Gasteiger partial charge in [-0.05, 0) is 59.3 Å². The van der Waals surface area contributed by atoms with Gasteiger partial charge in [0, 0.05) is 31.9 Å². The highest BCUT2D eigenvalue weighted by Gasteiger charge is 2.03. The lowest BCUT2D eigenvalue weighted by atomic mass is 10.2. The summed E-state index contributed by atoms with van der Waals surface area (Å²) in [6, 6.07) is 14.0. The molecule has 1 amide bonds. The molecule has 1 heterocycles. The van der Waals surface area contributed by atoms with Crippen molar-refractivity contribution in [1.29, 1.82) is 0 Å². The molecule has 0 saturated heterocycles. The van der Waals surface area contributed by atoms with Crippen LogP contribution < -0.4 is 10.7 Å². The number of nitrogens with one attached hydrogen (secondary N) is 3. The average molecular weight is 432 g/mol. The Morgan fingerprint density at radius 2 is 2.12 bits per heavy atom. The highest BCUT2D eigenvalue weighted by molar-refractivity contribution is 14.1. The smallest absolute Gasteiger partial charge is 0.259 e. The number of rotatable bonds is 5. The molecule has 0 aliphatic rings. The number of para-hydroxylation sites is 1. The van der Waals surface area contributed by atoms with Crippen LogP contribution in [0.15, 0.2) is 53.8 Å². The fourth-order valence-corrected chi connectivity index (χ4v) is 3.06. The van der Waals surface area contributed by atoms with Crippen LogP contribution in [0.3, 0.4) is 0 Å². The third-order valence-electron chi connectivity index (χ3n) is 3.64. The maximum absolute atomic E-state index is 11.9. The van der Waals surface area contributed by atoms with Crippen LogP contribution >= 0.6 is 22.6 Å². The number of aromatic nitrogens is 1. The molecule has 2 aromatic carbocycles. The molecule has 0 radical (unpaired) electrons. The number of nitrogens with zero attached hydrogens (tertiary/aromatic N) is 1. The van der Waals surface area contributed by atoms with Gasteiger partial charge >= 0.3 is 0 Å². The molecule has 0 atom stereocenters.